The number of hydrogen-bond donors (Lipinski definition) is 1. The predicted octanol–water partition coefficient (Wildman–Crippen LogP) is 3.63. The first-order valence-corrected chi connectivity index (χ1v) is 11.5. The van der Waals surface area contributed by atoms with Crippen molar-refractivity contribution >= 4 is 6.03 Å². The van der Waals surface area contributed by atoms with Crippen LogP contribution in [-0.4, -0.2) is 66.3 Å². The summed E-state index contributed by atoms with van der Waals surface area (Å²) < 4.78 is 6.41. The maximum absolute atomic E-state index is 12.3. The van der Waals surface area contributed by atoms with Crippen LogP contribution in [0.4, 0.5) is 4.79 Å². The zero-order valence-corrected chi connectivity index (χ0v) is 17.4. The number of carbonyl (C=O) groups excluding carboxylic acids is 1. The molecule has 0 bridgehead atoms. The third-order valence-electron chi connectivity index (χ3n) is 7.34. The van der Waals surface area contributed by atoms with E-state index >= 15 is 0 Å². The molecule has 0 aromatic heterocycles. The van der Waals surface area contributed by atoms with Gasteiger partial charge in [-0.25, -0.2) is 4.79 Å². The van der Waals surface area contributed by atoms with Crippen molar-refractivity contribution in [2.24, 2.45) is 11.8 Å². The first-order valence-electron chi connectivity index (χ1n) is 11.5. The minimum atomic E-state index is 0.129. The van der Waals surface area contributed by atoms with Crippen LogP contribution in [0.3, 0.4) is 0 Å². The van der Waals surface area contributed by atoms with E-state index in [0.717, 1.165) is 51.5 Å². The fourth-order valence-corrected chi connectivity index (χ4v) is 5.42. The van der Waals surface area contributed by atoms with Crippen LogP contribution in [0.25, 0.3) is 0 Å². The molecule has 5 nitrogen and oxygen atoms in total. The summed E-state index contributed by atoms with van der Waals surface area (Å²) in [6.45, 7) is 8.96. The van der Waals surface area contributed by atoms with Crippen molar-refractivity contribution in [3.05, 3.63) is 0 Å². The lowest BCUT2D eigenvalue weighted by molar-refractivity contribution is -0.202. The lowest BCUT2D eigenvalue weighted by atomic mass is 9.69. The van der Waals surface area contributed by atoms with Crippen LogP contribution >= 0.6 is 0 Å². The molecule has 2 heterocycles. The Hall–Kier alpha value is -0.810. The van der Waals surface area contributed by atoms with Gasteiger partial charge in [0.2, 0.25) is 0 Å². The quantitative estimate of drug-likeness (QED) is 0.769. The number of nitrogens with one attached hydrogen (secondary N) is 1. The molecule has 1 N–H and O–H groups in total. The van der Waals surface area contributed by atoms with Gasteiger partial charge in [0.25, 0.3) is 0 Å². The monoisotopic (exact) mass is 377 g/mol. The van der Waals surface area contributed by atoms with Crippen LogP contribution < -0.4 is 5.32 Å². The van der Waals surface area contributed by atoms with Crippen LogP contribution in [0.15, 0.2) is 0 Å². The van der Waals surface area contributed by atoms with Crippen molar-refractivity contribution < 1.29 is 9.53 Å². The van der Waals surface area contributed by atoms with Gasteiger partial charge in [-0.3, -0.25) is 4.90 Å². The van der Waals surface area contributed by atoms with Crippen LogP contribution in [-0.2, 0) is 4.74 Å². The number of likely N-dealkylation sites (tertiary alicyclic amines) is 2. The number of hydrogen-bond acceptors (Lipinski definition) is 3. The summed E-state index contributed by atoms with van der Waals surface area (Å²) in [5.74, 6) is 1.36. The number of carbonyl (C=O) groups is 1. The Labute approximate surface area is 165 Å². The topological polar surface area (TPSA) is 44.8 Å². The van der Waals surface area contributed by atoms with Gasteiger partial charge in [-0.1, -0.05) is 33.1 Å². The van der Waals surface area contributed by atoms with E-state index in [1.165, 1.54) is 44.9 Å². The molecule has 2 aliphatic heterocycles. The normalized spacial score (nSPS) is 29.1. The molecule has 27 heavy (non-hydrogen) atoms. The standard InChI is InChI=1S/C22H39N3O2/c1-17(2)14-23-21(26)24-12-8-19(9-13-24)25-15-20(27-16-18-6-7-18)22(25)10-4-3-5-11-22/h17-20H,3-16H2,1-2H3,(H,23,26). The molecule has 0 aromatic rings. The highest BCUT2D eigenvalue weighted by Gasteiger charge is 2.56. The summed E-state index contributed by atoms with van der Waals surface area (Å²) in [6, 6.07) is 0.766. The van der Waals surface area contributed by atoms with Gasteiger partial charge in [0.15, 0.2) is 0 Å². The molecule has 2 aliphatic carbocycles. The second-order valence-electron chi connectivity index (χ2n) is 9.88. The van der Waals surface area contributed by atoms with Crippen LogP contribution in [0.2, 0.25) is 0 Å². The highest BCUT2D eigenvalue weighted by Crippen LogP contribution is 2.48. The Balaban J connectivity index is 1.30. The average Bonchev–Trinajstić information content (AvgIpc) is 3.50. The Morgan fingerprint density at radius 3 is 2.44 bits per heavy atom. The Bertz CT molecular complexity index is 506. The fourth-order valence-electron chi connectivity index (χ4n) is 5.42. The molecule has 5 heteroatoms. The molecule has 0 radical (unpaired) electrons. The van der Waals surface area contributed by atoms with Crippen molar-refractivity contribution in [3.63, 3.8) is 0 Å². The molecular formula is C22H39N3O2. The summed E-state index contributed by atoms with van der Waals surface area (Å²) in [5.41, 5.74) is 0.319. The molecule has 2 saturated carbocycles. The van der Waals surface area contributed by atoms with Gasteiger partial charge in [-0.05, 0) is 50.4 Å². The molecule has 1 atom stereocenters. The van der Waals surface area contributed by atoms with E-state index in [0.29, 0.717) is 23.6 Å². The first-order chi connectivity index (χ1) is 13.1. The van der Waals surface area contributed by atoms with Crippen molar-refractivity contribution in [2.45, 2.75) is 89.3 Å². The zero-order valence-electron chi connectivity index (χ0n) is 17.4. The lowest BCUT2D eigenvalue weighted by Gasteiger charge is -2.63. The summed E-state index contributed by atoms with van der Waals surface area (Å²) >= 11 is 0. The zero-order chi connectivity index (χ0) is 18.9. The Morgan fingerprint density at radius 2 is 1.81 bits per heavy atom. The highest BCUT2D eigenvalue weighted by molar-refractivity contribution is 5.74. The summed E-state index contributed by atoms with van der Waals surface area (Å²) in [5, 5.41) is 3.07. The minimum Gasteiger partial charge on any atom is -0.375 e. The summed E-state index contributed by atoms with van der Waals surface area (Å²) in [4.78, 5) is 17.2. The van der Waals surface area contributed by atoms with E-state index in [4.69, 9.17) is 4.74 Å². The first kappa shape index (κ1) is 19.5. The summed E-state index contributed by atoms with van der Waals surface area (Å²) in [6.07, 6.45) is 12.2. The number of piperidine rings is 1. The minimum absolute atomic E-state index is 0.129. The van der Waals surface area contributed by atoms with E-state index in [9.17, 15) is 4.79 Å². The third-order valence-corrected chi connectivity index (χ3v) is 7.34. The molecular weight excluding hydrogens is 338 g/mol. The van der Waals surface area contributed by atoms with E-state index in [-0.39, 0.29) is 6.03 Å². The second kappa shape index (κ2) is 8.28. The van der Waals surface area contributed by atoms with E-state index < -0.39 is 0 Å². The molecule has 4 aliphatic rings. The van der Waals surface area contributed by atoms with Gasteiger partial charge in [0.05, 0.1) is 6.10 Å². The molecule has 154 valence electrons. The van der Waals surface area contributed by atoms with Gasteiger partial charge >= 0.3 is 6.03 Å². The van der Waals surface area contributed by atoms with E-state index in [1.54, 1.807) is 0 Å². The van der Waals surface area contributed by atoms with Gasteiger partial charge in [-0.2, -0.15) is 0 Å². The molecule has 4 rings (SSSR count). The van der Waals surface area contributed by atoms with Crippen LogP contribution in [0.5, 0.6) is 0 Å². The summed E-state index contributed by atoms with van der Waals surface area (Å²) in [7, 11) is 0. The van der Waals surface area contributed by atoms with E-state index in [1.807, 2.05) is 4.90 Å². The van der Waals surface area contributed by atoms with Crippen molar-refractivity contribution in [3.8, 4) is 0 Å². The highest BCUT2D eigenvalue weighted by atomic mass is 16.5. The van der Waals surface area contributed by atoms with Crippen molar-refractivity contribution in [1.29, 1.82) is 0 Å². The predicted molar refractivity (Wildman–Crippen MR) is 108 cm³/mol. The van der Waals surface area contributed by atoms with Gasteiger partial charge in [0.1, 0.15) is 0 Å². The molecule has 2 saturated heterocycles. The molecule has 0 aromatic carbocycles. The number of ether oxygens (including phenoxy) is 1. The molecule has 4 fully saturated rings. The second-order valence-corrected chi connectivity index (χ2v) is 9.88. The maximum Gasteiger partial charge on any atom is 0.317 e. The average molecular weight is 378 g/mol. The molecule has 1 unspecified atom stereocenters. The number of nitrogens with zero attached hydrogens (tertiary/aromatic N) is 2. The number of rotatable bonds is 6. The van der Waals surface area contributed by atoms with Crippen molar-refractivity contribution in [2.75, 3.05) is 32.8 Å². The Kier molecular flexibility index (Phi) is 5.98. The molecule has 1 spiro atoms. The fraction of sp³-hybridized carbons (Fsp3) is 0.955. The maximum atomic E-state index is 12.3. The lowest BCUT2D eigenvalue weighted by Crippen LogP contribution is -2.75. The SMILES string of the molecule is CC(C)CNC(=O)N1CCC(N2CC(OCC3CC3)C23CCCCC3)CC1. The Morgan fingerprint density at radius 1 is 1.11 bits per heavy atom. The largest absolute Gasteiger partial charge is 0.375 e. The molecule has 2 amide bonds. The number of amides is 2. The van der Waals surface area contributed by atoms with Crippen LogP contribution in [0.1, 0.15) is 71.6 Å². The smallest absolute Gasteiger partial charge is 0.317 e. The third kappa shape index (κ3) is 4.29. The van der Waals surface area contributed by atoms with Crippen molar-refractivity contribution in [1.82, 2.24) is 15.1 Å². The van der Waals surface area contributed by atoms with Gasteiger partial charge < -0.3 is 15.0 Å². The van der Waals surface area contributed by atoms with Gasteiger partial charge in [-0.15, -0.1) is 0 Å². The van der Waals surface area contributed by atoms with Crippen LogP contribution in [0, 0.1) is 11.8 Å². The number of urea groups is 1. The van der Waals surface area contributed by atoms with Gasteiger partial charge in [0, 0.05) is 44.4 Å². The van der Waals surface area contributed by atoms with E-state index in [2.05, 4.69) is 24.1 Å².